The zero-order chi connectivity index (χ0) is 9.99. The van der Waals surface area contributed by atoms with Gasteiger partial charge in [-0.2, -0.15) is 0 Å². The Kier molecular flexibility index (Phi) is 1.59. The molecule has 0 aromatic heterocycles. The molecule has 6 atom stereocenters. The summed E-state index contributed by atoms with van der Waals surface area (Å²) in [5, 5.41) is 3.24. The van der Waals surface area contributed by atoms with Gasteiger partial charge in [0.2, 0.25) is 5.91 Å². The molecule has 0 radical (unpaired) electrons. The Morgan fingerprint density at radius 3 is 2.47 bits per heavy atom. The molecule has 3 aliphatic carbocycles. The van der Waals surface area contributed by atoms with Crippen molar-refractivity contribution >= 4 is 5.91 Å². The number of carbonyl (C=O) groups is 1. The Balaban J connectivity index is 1.67. The Labute approximate surface area is 90.8 Å². The minimum Gasteiger partial charge on any atom is -0.353 e. The van der Waals surface area contributed by atoms with Gasteiger partial charge in [0.25, 0.3) is 0 Å². The fourth-order valence-corrected chi connectivity index (χ4v) is 5.36. The van der Waals surface area contributed by atoms with Crippen molar-refractivity contribution in [2.75, 3.05) is 0 Å². The van der Waals surface area contributed by atoms with Gasteiger partial charge in [-0.05, 0) is 48.9 Å². The average Bonchev–Trinajstić information content (AvgIpc) is 2.85. The van der Waals surface area contributed by atoms with Crippen LogP contribution in [0.15, 0.2) is 0 Å². The van der Waals surface area contributed by atoms with E-state index in [2.05, 4.69) is 5.32 Å². The molecule has 15 heavy (non-hydrogen) atoms. The minimum atomic E-state index is 0.332. The highest BCUT2D eigenvalue weighted by Gasteiger charge is 2.60. The number of hydrogen-bond donors (Lipinski definition) is 1. The minimum absolute atomic E-state index is 0.332. The third-order valence-corrected chi connectivity index (χ3v) is 5.74. The third-order valence-electron chi connectivity index (χ3n) is 5.74. The van der Waals surface area contributed by atoms with E-state index in [0.717, 1.165) is 36.0 Å². The largest absolute Gasteiger partial charge is 0.353 e. The highest BCUT2D eigenvalue weighted by molar-refractivity contribution is 5.79. The normalized spacial score (nSPS) is 56.4. The van der Waals surface area contributed by atoms with Gasteiger partial charge < -0.3 is 5.32 Å². The molecule has 4 fully saturated rings. The molecule has 0 spiro atoms. The summed E-state index contributed by atoms with van der Waals surface area (Å²) in [4.78, 5) is 11.5. The summed E-state index contributed by atoms with van der Waals surface area (Å²) in [5.74, 6) is 4.79. The fourth-order valence-electron chi connectivity index (χ4n) is 5.36. The van der Waals surface area contributed by atoms with E-state index in [4.69, 9.17) is 0 Å². The smallest absolute Gasteiger partial charge is 0.220 e. The molecule has 2 heteroatoms. The number of amides is 1. The zero-order valence-electron chi connectivity index (χ0n) is 9.11. The van der Waals surface area contributed by atoms with Crippen molar-refractivity contribution in [2.24, 2.45) is 29.6 Å². The van der Waals surface area contributed by atoms with Gasteiger partial charge in [0.1, 0.15) is 0 Å². The topological polar surface area (TPSA) is 29.1 Å². The zero-order valence-corrected chi connectivity index (χ0v) is 9.11. The van der Waals surface area contributed by atoms with Crippen molar-refractivity contribution in [3.63, 3.8) is 0 Å². The molecule has 0 aromatic carbocycles. The molecule has 1 saturated heterocycles. The van der Waals surface area contributed by atoms with Crippen LogP contribution in [0.2, 0.25) is 0 Å². The molecular formula is C13H19NO. The van der Waals surface area contributed by atoms with Gasteiger partial charge in [0.15, 0.2) is 0 Å². The number of rotatable bonds is 0. The summed E-state index contributed by atoms with van der Waals surface area (Å²) in [5.41, 5.74) is 0. The van der Waals surface area contributed by atoms with E-state index < -0.39 is 0 Å². The van der Waals surface area contributed by atoms with Crippen molar-refractivity contribution in [3.05, 3.63) is 0 Å². The lowest BCUT2D eigenvalue weighted by Crippen LogP contribution is -2.42. The summed E-state index contributed by atoms with van der Waals surface area (Å²) in [6.07, 6.45) is 8.08. The van der Waals surface area contributed by atoms with Crippen LogP contribution < -0.4 is 5.32 Å². The van der Waals surface area contributed by atoms with Crippen molar-refractivity contribution < 1.29 is 4.79 Å². The molecule has 82 valence electrons. The molecule has 4 rings (SSSR count). The maximum Gasteiger partial charge on any atom is 0.220 e. The lowest BCUT2D eigenvalue weighted by molar-refractivity contribution is -0.119. The molecule has 1 amide bonds. The summed E-state index contributed by atoms with van der Waals surface area (Å²) in [6.45, 7) is 0. The first-order valence-electron chi connectivity index (χ1n) is 6.64. The highest BCUT2D eigenvalue weighted by atomic mass is 16.2. The van der Waals surface area contributed by atoms with Crippen molar-refractivity contribution in [2.45, 2.75) is 44.6 Å². The van der Waals surface area contributed by atoms with Crippen LogP contribution >= 0.6 is 0 Å². The summed E-state index contributed by atoms with van der Waals surface area (Å²) in [6, 6.07) is 0.585. The first-order chi connectivity index (χ1) is 7.34. The second-order valence-electron chi connectivity index (χ2n) is 6.14. The number of carbonyl (C=O) groups excluding carboxylic acids is 1. The van der Waals surface area contributed by atoms with Gasteiger partial charge in [0, 0.05) is 12.5 Å². The highest BCUT2D eigenvalue weighted by Crippen LogP contribution is 2.61. The van der Waals surface area contributed by atoms with Crippen molar-refractivity contribution in [1.82, 2.24) is 5.32 Å². The van der Waals surface area contributed by atoms with E-state index in [0.29, 0.717) is 11.9 Å². The van der Waals surface area contributed by atoms with Crippen LogP contribution in [0, 0.1) is 29.6 Å². The van der Waals surface area contributed by atoms with Gasteiger partial charge in [0.05, 0.1) is 0 Å². The quantitative estimate of drug-likeness (QED) is 0.643. The van der Waals surface area contributed by atoms with Crippen molar-refractivity contribution in [1.29, 1.82) is 0 Å². The van der Waals surface area contributed by atoms with Crippen LogP contribution in [0.5, 0.6) is 0 Å². The predicted octanol–water partition coefficient (Wildman–Crippen LogP) is 1.95. The van der Waals surface area contributed by atoms with Crippen LogP contribution in [0.4, 0.5) is 0 Å². The number of fused-ring (bicyclic) bond motifs is 8. The first-order valence-corrected chi connectivity index (χ1v) is 6.64. The molecule has 6 unspecified atom stereocenters. The summed E-state index contributed by atoms with van der Waals surface area (Å²) < 4.78 is 0. The molecule has 2 bridgehead atoms. The van der Waals surface area contributed by atoms with Gasteiger partial charge in [-0.3, -0.25) is 4.79 Å². The van der Waals surface area contributed by atoms with E-state index in [9.17, 15) is 4.79 Å². The lowest BCUT2D eigenvalue weighted by Gasteiger charge is -2.40. The SMILES string of the molecule is O=C1CC2C3CC(C4CCCCC34)C2N1. The van der Waals surface area contributed by atoms with Crippen LogP contribution in [0.3, 0.4) is 0 Å². The van der Waals surface area contributed by atoms with E-state index in [1.165, 1.54) is 32.1 Å². The summed E-state index contributed by atoms with van der Waals surface area (Å²) >= 11 is 0. The number of nitrogens with one attached hydrogen (secondary N) is 1. The maximum atomic E-state index is 11.5. The number of hydrogen-bond acceptors (Lipinski definition) is 1. The van der Waals surface area contributed by atoms with Gasteiger partial charge in [-0.15, -0.1) is 0 Å². The van der Waals surface area contributed by atoms with Crippen LogP contribution in [0.25, 0.3) is 0 Å². The molecule has 0 aromatic rings. The molecule has 1 heterocycles. The maximum absolute atomic E-state index is 11.5. The average molecular weight is 205 g/mol. The van der Waals surface area contributed by atoms with E-state index in [1.54, 1.807) is 0 Å². The van der Waals surface area contributed by atoms with Gasteiger partial charge >= 0.3 is 0 Å². The Morgan fingerprint density at radius 2 is 1.67 bits per heavy atom. The molecule has 3 saturated carbocycles. The van der Waals surface area contributed by atoms with Crippen LogP contribution in [-0.4, -0.2) is 11.9 Å². The monoisotopic (exact) mass is 205 g/mol. The van der Waals surface area contributed by atoms with Gasteiger partial charge in [-0.25, -0.2) is 0 Å². The molecule has 1 aliphatic heterocycles. The molecule has 1 N–H and O–H groups in total. The molecule has 4 aliphatic rings. The third kappa shape index (κ3) is 0.982. The van der Waals surface area contributed by atoms with E-state index in [1.807, 2.05) is 0 Å². The first kappa shape index (κ1) is 8.60. The lowest BCUT2D eigenvalue weighted by atomic mass is 9.66. The van der Waals surface area contributed by atoms with E-state index >= 15 is 0 Å². The molecule has 2 nitrogen and oxygen atoms in total. The Morgan fingerprint density at radius 1 is 0.933 bits per heavy atom. The second kappa shape index (κ2) is 2.78. The predicted molar refractivity (Wildman–Crippen MR) is 57.1 cm³/mol. The van der Waals surface area contributed by atoms with Crippen LogP contribution in [-0.2, 0) is 4.79 Å². The van der Waals surface area contributed by atoms with Crippen molar-refractivity contribution in [3.8, 4) is 0 Å². The van der Waals surface area contributed by atoms with Crippen LogP contribution in [0.1, 0.15) is 38.5 Å². The van der Waals surface area contributed by atoms with E-state index in [-0.39, 0.29) is 0 Å². The standard InChI is InChI=1S/C13H19NO/c15-12-6-11-9-5-10(13(11)14-12)8-4-2-1-3-7(8)9/h7-11,13H,1-6H2,(H,14,15). The molecular weight excluding hydrogens is 186 g/mol. The summed E-state index contributed by atoms with van der Waals surface area (Å²) in [7, 11) is 0. The Bertz CT molecular complexity index is 286. The fraction of sp³-hybridized carbons (Fsp3) is 0.923. The Hall–Kier alpha value is -0.530. The van der Waals surface area contributed by atoms with Gasteiger partial charge in [-0.1, -0.05) is 12.8 Å². The second-order valence-corrected chi connectivity index (χ2v) is 6.14.